The van der Waals surface area contributed by atoms with Gasteiger partial charge in [-0.15, -0.1) is 0 Å². The Kier molecular flexibility index (Phi) is 4.12. The average molecular weight is 229 g/mol. The molecule has 0 bridgehead atoms. The monoisotopic (exact) mass is 229 g/mol. The van der Waals surface area contributed by atoms with Crippen LogP contribution in [0.5, 0.6) is 0 Å². The summed E-state index contributed by atoms with van der Waals surface area (Å²) in [6.07, 6.45) is -2.40. The molecular weight excluding hydrogens is 215 g/mol. The van der Waals surface area contributed by atoms with E-state index >= 15 is 0 Å². The van der Waals surface area contributed by atoms with Gasteiger partial charge in [0.15, 0.2) is 0 Å². The maximum Gasteiger partial charge on any atom is 0.416 e. The zero-order chi connectivity index (χ0) is 12.2. The van der Waals surface area contributed by atoms with Crippen molar-refractivity contribution in [3.05, 3.63) is 41.0 Å². The number of benzene rings is 1. The van der Waals surface area contributed by atoms with Gasteiger partial charge in [-0.3, -0.25) is 0 Å². The second kappa shape index (κ2) is 5.16. The molecule has 0 aliphatic carbocycles. The molecule has 88 valence electrons. The third-order valence-electron chi connectivity index (χ3n) is 2.11. The Bertz CT molecular complexity index is 363. The third-order valence-corrected chi connectivity index (χ3v) is 2.11. The Morgan fingerprint density at radius 3 is 2.25 bits per heavy atom. The normalized spacial score (nSPS) is 12.9. The molecule has 0 saturated carbocycles. The van der Waals surface area contributed by atoms with E-state index in [2.05, 4.69) is 5.32 Å². The fraction of sp³-hybridized carbons (Fsp3) is 0.333. The van der Waals surface area contributed by atoms with E-state index in [1.54, 1.807) is 0 Å². The molecule has 0 radical (unpaired) electrons. The SMILES string of the molecule is CNCC(C)=Cc1ccc(C(F)(F)F)cc1. The first-order valence-electron chi connectivity index (χ1n) is 4.92. The number of hydrogen-bond acceptors (Lipinski definition) is 1. The molecule has 1 rings (SSSR count). The predicted molar refractivity (Wildman–Crippen MR) is 59.0 cm³/mol. The summed E-state index contributed by atoms with van der Waals surface area (Å²) < 4.78 is 36.8. The van der Waals surface area contributed by atoms with Crippen molar-refractivity contribution < 1.29 is 13.2 Å². The lowest BCUT2D eigenvalue weighted by Gasteiger charge is -2.06. The molecular formula is C12H14F3N. The summed E-state index contributed by atoms with van der Waals surface area (Å²) in [5, 5.41) is 2.98. The van der Waals surface area contributed by atoms with Gasteiger partial charge in [0.2, 0.25) is 0 Å². The topological polar surface area (TPSA) is 12.0 Å². The first-order chi connectivity index (χ1) is 7.43. The van der Waals surface area contributed by atoms with Crippen LogP contribution in [0.1, 0.15) is 18.1 Å². The van der Waals surface area contributed by atoms with E-state index < -0.39 is 11.7 Å². The summed E-state index contributed by atoms with van der Waals surface area (Å²) in [4.78, 5) is 0. The number of halogens is 3. The molecule has 0 aliphatic rings. The van der Waals surface area contributed by atoms with Crippen LogP contribution in [0.2, 0.25) is 0 Å². The second-order valence-electron chi connectivity index (χ2n) is 3.64. The van der Waals surface area contributed by atoms with Gasteiger partial charge in [-0.2, -0.15) is 13.2 Å². The maximum atomic E-state index is 12.3. The van der Waals surface area contributed by atoms with Gasteiger partial charge < -0.3 is 5.32 Å². The van der Waals surface area contributed by atoms with Gasteiger partial charge in [0.1, 0.15) is 0 Å². The van der Waals surface area contributed by atoms with Crippen molar-refractivity contribution in [2.45, 2.75) is 13.1 Å². The molecule has 4 heteroatoms. The van der Waals surface area contributed by atoms with Crippen molar-refractivity contribution in [3.63, 3.8) is 0 Å². The van der Waals surface area contributed by atoms with Gasteiger partial charge in [0, 0.05) is 6.54 Å². The van der Waals surface area contributed by atoms with E-state index in [9.17, 15) is 13.2 Å². The number of hydrogen-bond donors (Lipinski definition) is 1. The van der Waals surface area contributed by atoms with Crippen molar-refractivity contribution in [3.8, 4) is 0 Å². The van der Waals surface area contributed by atoms with Gasteiger partial charge in [0.25, 0.3) is 0 Å². The van der Waals surface area contributed by atoms with Crippen LogP contribution in [0.15, 0.2) is 29.8 Å². The van der Waals surface area contributed by atoms with Crippen molar-refractivity contribution >= 4 is 6.08 Å². The lowest BCUT2D eigenvalue weighted by atomic mass is 10.1. The number of rotatable bonds is 3. The highest BCUT2D eigenvalue weighted by Crippen LogP contribution is 2.29. The highest BCUT2D eigenvalue weighted by atomic mass is 19.4. The minimum atomic E-state index is -4.26. The Morgan fingerprint density at radius 2 is 1.81 bits per heavy atom. The minimum absolute atomic E-state index is 0.615. The molecule has 0 aromatic heterocycles. The Labute approximate surface area is 93.0 Å². The summed E-state index contributed by atoms with van der Waals surface area (Å²) in [6.45, 7) is 2.65. The van der Waals surface area contributed by atoms with E-state index in [1.807, 2.05) is 20.0 Å². The second-order valence-corrected chi connectivity index (χ2v) is 3.64. The molecule has 0 heterocycles. The summed E-state index contributed by atoms with van der Waals surface area (Å²) in [5.41, 5.74) is 1.24. The summed E-state index contributed by atoms with van der Waals surface area (Å²) >= 11 is 0. The number of nitrogens with one attached hydrogen (secondary N) is 1. The van der Waals surface area contributed by atoms with Crippen LogP contribution in [0.25, 0.3) is 6.08 Å². The van der Waals surface area contributed by atoms with Crippen LogP contribution in [0.3, 0.4) is 0 Å². The van der Waals surface area contributed by atoms with Gasteiger partial charge in [-0.05, 0) is 31.7 Å². The molecule has 1 N–H and O–H groups in total. The van der Waals surface area contributed by atoms with Crippen molar-refractivity contribution in [1.82, 2.24) is 5.32 Å². The van der Waals surface area contributed by atoms with Crippen LogP contribution < -0.4 is 5.32 Å². The summed E-state index contributed by atoms with van der Waals surface area (Å²) in [7, 11) is 1.82. The molecule has 0 spiro atoms. The van der Waals surface area contributed by atoms with Crippen LogP contribution in [-0.4, -0.2) is 13.6 Å². The highest BCUT2D eigenvalue weighted by molar-refractivity contribution is 5.53. The van der Waals surface area contributed by atoms with Crippen LogP contribution in [0.4, 0.5) is 13.2 Å². The van der Waals surface area contributed by atoms with Gasteiger partial charge in [-0.1, -0.05) is 23.8 Å². The van der Waals surface area contributed by atoms with E-state index in [4.69, 9.17) is 0 Å². The first-order valence-corrected chi connectivity index (χ1v) is 4.92. The van der Waals surface area contributed by atoms with Gasteiger partial charge in [0.05, 0.1) is 5.56 Å². The lowest BCUT2D eigenvalue weighted by molar-refractivity contribution is -0.137. The highest BCUT2D eigenvalue weighted by Gasteiger charge is 2.29. The molecule has 1 aromatic rings. The molecule has 0 atom stereocenters. The zero-order valence-corrected chi connectivity index (χ0v) is 9.23. The average Bonchev–Trinajstić information content (AvgIpc) is 2.17. The Balaban J connectivity index is 2.83. The number of alkyl halides is 3. The molecule has 0 aliphatic heterocycles. The summed E-state index contributed by atoms with van der Waals surface area (Å²) in [5.74, 6) is 0. The molecule has 16 heavy (non-hydrogen) atoms. The molecule has 1 nitrogen and oxygen atoms in total. The maximum absolute atomic E-state index is 12.3. The predicted octanol–water partition coefficient (Wildman–Crippen LogP) is 3.33. The largest absolute Gasteiger partial charge is 0.416 e. The van der Waals surface area contributed by atoms with Gasteiger partial charge >= 0.3 is 6.18 Å². The standard InChI is InChI=1S/C12H14F3N/c1-9(8-16-2)7-10-3-5-11(6-4-10)12(13,14)15/h3-7,16H,8H2,1-2H3. The summed E-state index contributed by atoms with van der Waals surface area (Å²) in [6, 6.07) is 5.14. The van der Waals surface area contributed by atoms with E-state index in [0.717, 1.165) is 29.8 Å². The van der Waals surface area contributed by atoms with Crippen molar-refractivity contribution in [1.29, 1.82) is 0 Å². The molecule has 0 fully saturated rings. The van der Waals surface area contributed by atoms with E-state index in [1.165, 1.54) is 12.1 Å². The van der Waals surface area contributed by atoms with Crippen LogP contribution >= 0.6 is 0 Å². The van der Waals surface area contributed by atoms with Crippen LogP contribution in [-0.2, 0) is 6.18 Å². The molecule has 0 unspecified atom stereocenters. The van der Waals surface area contributed by atoms with E-state index in [-0.39, 0.29) is 0 Å². The first kappa shape index (κ1) is 12.8. The third kappa shape index (κ3) is 3.70. The Hall–Kier alpha value is -1.29. The van der Waals surface area contributed by atoms with Crippen LogP contribution in [0, 0.1) is 0 Å². The molecule has 1 aromatic carbocycles. The smallest absolute Gasteiger partial charge is 0.316 e. The zero-order valence-electron chi connectivity index (χ0n) is 9.23. The molecule has 0 amide bonds. The quantitative estimate of drug-likeness (QED) is 0.838. The van der Waals surface area contributed by atoms with E-state index in [0.29, 0.717) is 0 Å². The fourth-order valence-corrected chi connectivity index (χ4v) is 1.38. The Morgan fingerprint density at radius 1 is 1.25 bits per heavy atom. The fourth-order valence-electron chi connectivity index (χ4n) is 1.38. The minimum Gasteiger partial charge on any atom is -0.316 e. The van der Waals surface area contributed by atoms with Crippen molar-refractivity contribution in [2.24, 2.45) is 0 Å². The van der Waals surface area contributed by atoms with Gasteiger partial charge in [-0.25, -0.2) is 0 Å². The molecule has 0 saturated heterocycles. The van der Waals surface area contributed by atoms with Crippen molar-refractivity contribution in [2.75, 3.05) is 13.6 Å². The lowest BCUT2D eigenvalue weighted by Crippen LogP contribution is -2.08. The number of likely N-dealkylation sites (N-methyl/N-ethyl adjacent to an activating group) is 1.